The van der Waals surface area contributed by atoms with Gasteiger partial charge in [0.05, 0.1) is 5.41 Å². The molecule has 1 saturated carbocycles. The fourth-order valence-electron chi connectivity index (χ4n) is 3.28. The summed E-state index contributed by atoms with van der Waals surface area (Å²) in [7, 11) is 0. The quantitative estimate of drug-likeness (QED) is 0.912. The number of halogens is 1. The van der Waals surface area contributed by atoms with E-state index >= 15 is 0 Å². The highest BCUT2D eigenvalue weighted by molar-refractivity contribution is 6.03. The van der Waals surface area contributed by atoms with Crippen LogP contribution in [0, 0.1) is 5.82 Å². The molecule has 4 rings (SSSR count). The number of benzene rings is 2. The van der Waals surface area contributed by atoms with Crippen LogP contribution in [0.3, 0.4) is 0 Å². The predicted molar refractivity (Wildman–Crippen MR) is 88.4 cm³/mol. The molecule has 0 bridgehead atoms. The smallest absolute Gasteiger partial charge is 0.251 e. The number of rotatable bonds is 3. The Bertz CT molecular complexity index is 826. The van der Waals surface area contributed by atoms with Crippen LogP contribution in [0.2, 0.25) is 0 Å². The lowest BCUT2D eigenvalue weighted by atomic mass is 9.94. The number of amides is 2. The van der Waals surface area contributed by atoms with Crippen LogP contribution in [0.4, 0.5) is 10.1 Å². The summed E-state index contributed by atoms with van der Waals surface area (Å²) in [6.07, 6.45) is 2.29. The van der Waals surface area contributed by atoms with Crippen molar-refractivity contribution in [3.05, 3.63) is 65.0 Å². The Morgan fingerprint density at radius 3 is 2.58 bits per heavy atom. The van der Waals surface area contributed by atoms with Crippen LogP contribution >= 0.6 is 0 Å². The molecule has 2 amide bonds. The lowest BCUT2D eigenvalue weighted by Crippen LogP contribution is -2.32. The first-order chi connectivity index (χ1) is 11.6. The molecule has 0 spiro atoms. The van der Waals surface area contributed by atoms with Crippen molar-refractivity contribution in [3.63, 3.8) is 0 Å². The lowest BCUT2D eigenvalue weighted by Gasteiger charge is -2.19. The van der Waals surface area contributed by atoms with E-state index in [0.29, 0.717) is 17.8 Å². The van der Waals surface area contributed by atoms with Crippen LogP contribution in [0.5, 0.6) is 0 Å². The Hall–Kier alpha value is -2.69. The van der Waals surface area contributed by atoms with Gasteiger partial charge in [-0.3, -0.25) is 9.59 Å². The van der Waals surface area contributed by atoms with E-state index in [1.54, 1.807) is 18.2 Å². The van der Waals surface area contributed by atoms with Crippen LogP contribution in [0.1, 0.15) is 34.3 Å². The molecule has 0 aromatic heterocycles. The zero-order chi connectivity index (χ0) is 16.7. The monoisotopic (exact) mass is 324 g/mol. The molecule has 122 valence electrons. The van der Waals surface area contributed by atoms with E-state index in [1.165, 1.54) is 12.1 Å². The van der Waals surface area contributed by atoms with E-state index in [-0.39, 0.29) is 17.6 Å². The summed E-state index contributed by atoms with van der Waals surface area (Å²) in [4.78, 5) is 24.7. The fraction of sp³-hybridized carbons (Fsp3) is 0.263. The van der Waals surface area contributed by atoms with Crippen LogP contribution in [-0.2, 0) is 16.6 Å². The molecule has 1 aliphatic heterocycles. The van der Waals surface area contributed by atoms with Crippen molar-refractivity contribution in [1.82, 2.24) is 5.32 Å². The average molecular weight is 324 g/mol. The van der Waals surface area contributed by atoms with Gasteiger partial charge >= 0.3 is 0 Å². The van der Waals surface area contributed by atoms with Crippen molar-refractivity contribution in [3.8, 4) is 0 Å². The van der Waals surface area contributed by atoms with E-state index < -0.39 is 5.41 Å². The minimum absolute atomic E-state index is 0.105. The third kappa shape index (κ3) is 2.46. The molecule has 0 radical (unpaired) electrons. The molecule has 2 aliphatic rings. The van der Waals surface area contributed by atoms with Gasteiger partial charge in [-0.2, -0.15) is 0 Å². The van der Waals surface area contributed by atoms with Crippen molar-refractivity contribution in [2.75, 3.05) is 11.9 Å². The summed E-state index contributed by atoms with van der Waals surface area (Å²) in [6, 6.07) is 11.5. The summed E-state index contributed by atoms with van der Waals surface area (Å²) >= 11 is 0. The Morgan fingerprint density at radius 1 is 1.12 bits per heavy atom. The molecule has 0 saturated heterocycles. The summed E-state index contributed by atoms with van der Waals surface area (Å²) in [5.41, 5.74) is 2.48. The number of nitrogens with one attached hydrogen (secondary N) is 2. The van der Waals surface area contributed by atoms with Crippen molar-refractivity contribution >= 4 is 17.5 Å². The van der Waals surface area contributed by atoms with Gasteiger partial charge in [0, 0.05) is 17.8 Å². The molecule has 0 atom stereocenters. The van der Waals surface area contributed by atoms with Gasteiger partial charge in [-0.15, -0.1) is 0 Å². The van der Waals surface area contributed by atoms with E-state index in [4.69, 9.17) is 0 Å². The van der Waals surface area contributed by atoms with Gasteiger partial charge in [-0.05, 0) is 54.7 Å². The normalized spacial score (nSPS) is 17.6. The van der Waals surface area contributed by atoms with Crippen LogP contribution in [0.25, 0.3) is 0 Å². The Kier molecular flexibility index (Phi) is 3.37. The molecule has 2 aromatic carbocycles. The van der Waals surface area contributed by atoms with Crippen LogP contribution in [-0.4, -0.2) is 18.4 Å². The number of fused-ring (bicyclic) bond motifs is 1. The van der Waals surface area contributed by atoms with E-state index in [9.17, 15) is 14.0 Å². The molecule has 2 N–H and O–H groups in total. The van der Waals surface area contributed by atoms with Crippen LogP contribution < -0.4 is 10.6 Å². The highest BCUT2D eigenvalue weighted by Gasteiger charge is 2.51. The van der Waals surface area contributed by atoms with Gasteiger partial charge < -0.3 is 10.6 Å². The fourth-order valence-corrected chi connectivity index (χ4v) is 3.28. The topological polar surface area (TPSA) is 58.2 Å². The molecule has 1 heterocycles. The first kappa shape index (κ1) is 14.9. The van der Waals surface area contributed by atoms with Gasteiger partial charge in [0.1, 0.15) is 5.82 Å². The second-order valence-electron chi connectivity index (χ2n) is 6.42. The van der Waals surface area contributed by atoms with Crippen molar-refractivity contribution in [1.29, 1.82) is 0 Å². The van der Waals surface area contributed by atoms with Gasteiger partial charge in [-0.25, -0.2) is 4.39 Å². The average Bonchev–Trinajstić information content (AvgIpc) is 3.38. The first-order valence-corrected chi connectivity index (χ1v) is 8.07. The maximum absolute atomic E-state index is 13.1. The molecule has 1 aliphatic carbocycles. The molecule has 24 heavy (non-hydrogen) atoms. The van der Waals surface area contributed by atoms with Crippen molar-refractivity contribution in [2.24, 2.45) is 0 Å². The number of hydrogen-bond donors (Lipinski definition) is 2. The second-order valence-corrected chi connectivity index (χ2v) is 6.42. The number of anilines is 1. The molecule has 0 unspecified atom stereocenters. The van der Waals surface area contributed by atoms with Gasteiger partial charge in [-0.1, -0.05) is 18.2 Å². The third-order valence-electron chi connectivity index (χ3n) is 4.87. The van der Waals surface area contributed by atoms with E-state index in [0.717, 1.165) is 30.4 Å². The maximum atomic E-state index is 13.1. The molecule has 4 nitrogen and oxygen atoms in total. The zero-order valence-electron chi connectivity index (χ0n) is 13.1. The Labute approximate surface area is 139 Å². The minimum atomic E-state index is -0.578. The summed E-state index contributed by atoms with van der Waals surface area (Å²) in [5.74, 6) is -0.520. The van der Waals surface area contributed by atoms with Gasteiger partial charge in [0.15, 0.2) is 0 Å². The Morgan fingerprint density at radius 2 is 1.88 bits per heavy atom. The SMILES string of the molecule is O=C1NCCc2ccc(NC(=O)C3(c4ccc(F)cc4)CC3)cc21. The van der Waals surface area contributed by atoms with Gasteiger partial charge in [0.2, 0.25) is 5.91 Å². The Balaban J connectivity index is 1.57. The molecule has 2 aromatic rings. The number of hydrogen-bond acceptors (Lipinski definition) is 2. The number of carbonyl (C=O) groups excluding carboxylic acids is 2. The van der Waals surface area contributed by atoms with Crippen LogP contribution in [0.15, 0.2) is 42.5 Å². The largest absolute Gasteiger partial charge is 0.352 e. The molecule has 5 heteroatoms. The highest BCUT2D eigenvalue weighted by atomic mass is 19.1. The third-order valence-corrected chi connectivity index (χ3v) is 4.87. The number of carbonyl (C=O) groups is 2. The van der Waals surface area contributed by atoms with E-state index in [2.05, 4.69) is 10.6 Å². The van der Waals surface area contributed by atoms with Crippen molar-refractivity contribution in [2.45, 2.75) is 24.7 Å². The molecular formula is C19H17FN2O2. The predicted octanol–water partition coefficient (Wildman–Crippen LogP) is 2.78. The second kappa shape index (κ2) is 5.44. The zero-order valence-corrected chi connectivity index (χ0v) is 13.1. The highest BCUT2D eigenvalue weighted by Crippen LogP contribution is 2.49. The standard InChI is InChI=1S/C19H17FN2O2/c20-14-4-2-13(3-5-14)19(8-9-19)18(24)22-15-6-1-12-7-10-21-17(23)16(12)11-15/h1-6,11H,7-10H2,(H,21,23)(H,22,24). The first-order valence-electron chi connectivity index (χ1n) is 8.07. The maximum Gasteiger partial charge on any atom is 0.251 e. The minimum Gasteiger partial charge on any atom is -0.352 e. The molecular weight excluding hydrogens is 307 g/mol. The van der Waals surface area contributed by atoms with Gasteiger partial charge in [0.25, 0.3) is 5.91 Å². The summed E-state index contributed by atoms with van der Waals surface area (Å²) < 4.78 is 13.1. The van der Waals surface area contributed by atoms with Crippen molar-refractivity contribution < 1.29 is 14.0 Å². The molecule has 1 fully saturated rings. The summed E-state index contributed by atoms with van der Waals surface area (Å²) in [5, 5.41) is 5.72. The lowest BCUT2D eigenvalue weighted by molar-refractivity contribution is -0.118. The van der Waals surface area contributed by atoms with E-state index in [1.807, 2.05) is 12.1 Å². The summed E-state index contributed by atoms with van der Waals surface area (Å²) in [6.45, 7) is 0.644.